The van der Waals surface area contributed by atoms with Gasteiger partial charge in [0.05, 0.1) is 16.4 Å². The Hall–Kier alpha value is -2.06. The molecule has 0 amide bonds. The highest BCUT2D eigenvalue weighted by molar-refractivity contribution is 7.37. The van der Waals surface area contributed by atoms with E-state index in [0.717, 1.165) is 55.7 Å². The number of aryl methyl sites for hydroxylation is 4. The van der Waals surface area contributed by atoms with E-state index < -0.39 is 8.01 Å². The van der Waals surface area contributed by atoms with Crippen LogP contribution in [0, 0.1) is 27.7 Å². The van der Waals surface area contributed by atoms with Crippen LogP contribution in [0.4, 0.5) is 0 Å². The smallest absolute Gasteiger partial charge is 0.219 e. The van der Waals surface area contributed by atoms with Crippen LogP contribution in [0.15, 0.2) is 20.5 Å². The zero-order valence-electron chi connectivity index (χ0n) is 18.0. The minimum atomic E-state index is -1.13. The molecule has 0 saturated heterocycles. The topological polar surface area (TPSA) is 44.7 Å². The third-order valence-corrected chi connectivity index (χ3v) is 7.08. The van der Waals surface area contributed by atoms with Crippen molar-refractivity contribution in [2.24, 2.45) is 0 Å². The third-order valence-electron chi connectivity index (χ3n) is 5.51. The zero-order valence-corrected chi connectivity index (χ0v) is 18.9. The van der Waals surface area contributed by atoms with Crippen molar-refractivity contribution in [3.8, 4) is 11.5 Å². The number of rotatable bonds is 1. The van der Waals surface area contributed by atoms with Gasteiger partial charge in [-0.15, -0.1) is 0 Å². The number of benzene rings is 2. The molecule has 4 rings (SSSR count). The molecule has 2 atom stereocenters. The molecule has 0 fully saturated rings. The van der Waals surface area contributed by atoms with Crippen molar-refractivity contribution < 1.29 is 17.9 Å². The fraction of sp³-hybridized carbons (Fsp3) is 0.478. The summed E-state index contributed by atoms with van der Waals surface area (Å²) in [6.07, 6.45) is -0.169. The summed E-state index contributed by atoms with van der Waals surface area (Å²) in [5.41, 5.74) is 6.37. The molecule has 0 spiro atoms. The van der Waals surface area contributed by atoms with Gasteiger partial charge in [-0.1, -0.05) is 0 Å². The SMILES string of the molecule is Cc1cc(C)c2op(C(C)C)oc3c(C)cc(C)c4c3c2c1OC(C)C(C)O4. The molecule has 2 unspecified atom stereocenters. The van der Waals surface area contributed by atoms with Gasteiger partial charge in [-0.2, -0.15) is 0 Å². The van der Waals surface area contributed by atoms with Crippen molar-refractivity contribution in [2.45, 2.75) is 73.3 Å². The summed E-state index contributed by atoms with van der Waals surface area (Å²) in [4.78, 5) is 0. The average Bonchev–Trinajstić information content (AvgIpc) is 2.79. The third kappa shape index (κ3) is 2.90. The van der Waals surface area contributed by atoms with Gasteiger partial charge in [0.2, 0.25) is 8.01 Å². The molecular formula is C23H29O4P. The minimum absolute atomic E-state index is 0.0846. The van der Waals surface area contributed by atoms with Crippen molar-refractivity contribution in [1.29, 1.82) is 0 Å². The predicted octanol–water partition coefficient (Wildman–Crippen LogP) is 7.65. The van der Waals surface area contributed by atoms with E-state index in [4.69, 9.17) is 17.9 Å². The molecule has 0 aliphatic carbocycles. The van der Waals surface area contributed by atoms with Gasteiger partial charge < -0.3 is 17.9 Å². The molecular weight excluding hydrogens is 371 g/mol. The Morgan fingerprint density at radius 3 is 1.46 bits per heavy atom. The molecule has 4 nitrogen and oxygen atoms in total. The van der Waals surface area contributed by atoms with Crippen molar-refractivity contribution >= 4 is 30.0 Å². The summed E-state index contributed by atoms with van der Waals surface area (Å²) < 4.78 is 25.9. The highest BCUT2D eigenvalue weighted by Gasteiger charge is 2.28. The monoisotopic (exact) mass is 400 g/mol. The van der Waals surface area contributed by atoms with Crippen LogP contribution >= 0.6 is 8.01 Å². The summed E-state index contributed by atoms with van der Waals surface area (Å²) in [5.74, 6) is 1.75. The van der Waals surface area contributed by atoms with Gasteiger partial charge in [-0.05, 0) is 89.8 Å². The number of hydrogen-bond donors (Lipinski definition) is 0. The largest absolute Gasteiger partial charge is 0.486 e. The molecule has 3 aromatic rings. The molecule has 5 heteroatoms. The Labute approximate surface area is 167 Å². The summed E-state index contributed by atoms with van der Waals surface area (Å²) in [6, 6.07) is 4.30. The van der Waals surface area contributed by atoms with Crippen molar-refractivity contribution in [1.82, 2.24) is 0 Å². The highest BCUT2D eigenvalue weighted by atomic mass is 31.1. The first-order chi connectivity index (χ1) is 13.2. The second-order valence-corrected chi connectivity index (χ2v) is 10.3. The average molecular weight is 400 g/mol. The van der Waals surface area contributed by atoms with Crippen molar-refractivity contribution in [3.63, 3.8) is 0 Å². The Kier molecular flexibility index (Phi) is 4.66. The van der Waals surface area contributed by atoms with E-state index in [0.29, 0.717) is 0 Å². The van der Waals surface area contributed by atoms with Crippen LogP contribution in [0.1, 0.15) is 55.6 Å². The van der Waals surface area contributed by atoms with E-state index in [9.17, 15) is 0 Å². The number of ether oxygens (including phenoxy) is 2. The molecule has 0 bridgehead atoms. The quantitative estimate of drug-likeness (QED) is 0.421. The van der Waals surface area contributed by atoms with Crippen LogP contribution in [-0.4, -0.2) is 12.2 Å². The fourth-order valence-corrected chi connectivity index (χ4v) is 5.16. The van der Waals surface area contributed by atoms with Crippen LogP contribution in [0.2, 0.25) is 0 Å². The Morgan fingerprint density at radius 1 is 0.714 bits per heavy atom. The van der Waals surface area contributed by atoms with Crippen LogP contribution in [-0.2, 0) is 0 Å². The molecule has 1 aromatic heterocycles. The Morgan fingerprint density at radius 2 is 1.11 bits per heavy atom. The Balaban J connectivity index is 2.39. The molecule has 0 N–H and O–H groups in total. The van der Waals surface area contributed by atoms with Crippen molar-refractivity contribution in [3.05, 3.63) is 34.4 Å². The van der Waals surface area contributed by atoms with Gasteiger partial charge in [-0.25, -0.2) is 0 Å². The summed E-state index contributed by atoms with van der Waals surface area (Å²) >= 11 is 0. The zero-order chi connectivity index (χ0) is 20.3. The maximum Gasteiger partial charge on any atom is 0.219 e. The van der Waals surface area contributed by atoms with Gasteiger partial charge in [0, 0.05) is 0 Å². The van der Waals surface area contributed by atoms with E-state index in [1.54, 1.807) is 0 Å². The van der Waals surface area contributed by atoms with E-state index in [1.807, 2.05) is 0 Å². The molecule has 2 aromatic carbocycles. The standard InChI is InChI=1S/C23H29O4P/c1-11(2)28-26-22-14(5)9-12(3)20-18(22)19-21(25-17(8)16(7)24-20)13(4)10-15(6)23(19)27-28/h9-11,16-17H,1-8H3. The Bertz CT molecular complexity index is 1040. The van der Waals surface area contributed by atoms with Crippen LogP contribution in [0.3, 0.4) is 0 Å². The molecule has 0 radical (unpaired) electrons. The molecule has 0 saturated carbocycles. The van der Waals surface area contributed by atoms with Crippen LogP contribution < -0.4 is 9.47 Å². The van der Waals surface area contributed by atoms with Crippen molar-refractivity contribution in [2.75, 3.05) is 0 Å². The van der Waals surface area contributed by atoms with Gasteiger partial charge >= 0.3 is 0 Å². The summed E-state index contributed by atoms with van der Waals surface area (Å²) in [5, 5.41) is 1.94. The lowest BCUT2D eigenvalue weighted by Gasteiger charge is -2.28. The minimum Gasteiger partial charge on any atom is -0.486 e. The van der Waals surface area contributed by atoms with E-state index in [2.05, 4.69) is 67.5 Å². The maximum absolute atomic E-state index is 6.52. The lowest BCUT2D eigenvalue weighted by atomic mass is 9.98. The number of hydrogen-bond acceptors (Lipinski definition) is 4. The predicted molar refractivity (Wildman–Crippen MR) is 116 cm³/mol. The van der Waals surface area contributed by atoms with Gasteiger partial charge in [0.25, 0.3) is 0 Å². The molecule has 28 heavy (non-hydrogen) atoms. The second kappa shape index (κ2) is 6.77. The summed E-state index contributed by atoms with van der Waals surface area (Å²) in [7, 11) is -1.13. The fourth-order valence-electron chi connectivity index (χ4n) is 3.87. The lowest BCUT2D eigenvalue weighted by Crippen LogP contribution is -2.32. The highest BCUT2D eigenvalue weighted by Crippen LogP contribution is 2.50. The lowest BCUT2D eigenvalue weighted by molar-refractivity contribution is 0.0776. The van der Waals surface area contributed by atoms with Gasteiger partial charge in [0.1, 0.15) is 34.9 Å². The molecule has 150 valence electrons. The van der Waals surface area contributed by atoms with E-state index in [1.165, 1.54) is 0 Å². The van der Waals surface area contributed by atoms with E-state index in [-0.39, 0.29) is 17.9 Å². The first kappa shape index (κ1) is 19.3. The van der Waals surface area contributed by atoms with Gasteiger partial charge in [-0.3, -0.25) is 0 Å². The van der Waals surface area contributed by atoms with Gasteiger partial charge in [0.15, 0.2) is 0 Å². The summed E-state index contributed by atoms with van der Waals surface area (Å²) in [6.45, 7) is 16.8. The van der Waals surface area contributed by atoms with Crippen LogP contribution in [0.5, 0.6) is 11.5 Å². The maximum atomic E-state index is 6.52. The molecule has 1 aliphatic heterocycles. The normalized spacial score (nSPS) is 19.5. The first-order valence-electron chi connectivity index (χ1n) is 9.96. The first-order valence-corrected chi connectivity index (χ1v) is 11.2. The molecule has 1 aliphatic rings. The second-order valence-electron chi connectivity index (χ2n) is 8.29. The van der Waals surface area contributed by atoms with E-state index >= 15 is 0 Å². The molecule has 2 heterocycles. The van der Waals surface area contributed by atoms with Crippen LogP contribution in [0.25, 0.3) is 21.9 Å².